The first kappa shape index (κ1) is 8.48. The number of nitrogens with zero attached hydrogens (tertiary/aromatic N) is 2. The van der Waals surface area contributed by atoms with Crippen molar-refractivity contribution >= 4 is 0 Å². The maximum atomic E-state index is 10.1. The van der Waals surface area contributed by atoms with E-state index in [0.29, 0.717) is 0 Å². The highest BCUT2D eigenvalue weighted by atomic mass is 16.3. The minimum absolute atomic E-state index is 0.408. The lowest BCUT2D eigenvalue weighted by Gasteiger charge is -2.36. The molecule has 2 saturated heterocycles. The molecule has 2 heterocycles. The fourth-order valence-electron chi connectivity index (χ4n) is 2.14. The SMILES string of the molecule is CN1CCC(O)(CN2CCC2)C1. The molecule has 12 heavy (non-hydrogen) atoms. The zero-order valence-electron chi connectivity index (χ0n) is 7.79. The number of likely N-dealkylation sites (tertiary alicyclic amines) is 2. The van der Waals surface area contributed by atoms with Crippen LogP contribution in [0.1, 0.15) is 12.8 Å². The van der Waals surface area contributed by atoms with Gasteiger partial charge in [0.05, 0.1) is 5.60 Å². The van der Waals surface area contributed by atoms with Crippen LogP contribution >= 0.6 is 0 Å². The van der Waals surface area contributed by atoms with Crippen molar-refractivity contribution < 1.29 is 5.11 Å². The molecule has 0 aliphatic carbocycles. The van der Waals surface area contributed by atoms with Crippen LogP contribution < -0.4 is 0 Å². The molecule has 0 aromatic heterocycles. The quantitative estimate of drug-likeness (QED) is 0.619. The number of β-amino-alcohol motifs (C(OH)–C–C–N with tert-alkyl or cyclic N) is 1. The average Bonchev–Trinajstić information content (AvgIpc) is 2.24. The predicted molar refractivity (Wildman–Crippen MR) is 48.1 cm³/mol. The van der Waals surface area contributed by atoms with E-state index in [4.69, 9.17) is 0 Å². The van der Waals surface area contributed by atoms with Crippen molar-refractivity contribution in [2.24, 2.45) is 0 Å². The molecule has 0 spiro atoms. The second-order valence-electron chi connectivity index (χ2n) is 4.34. The Labute approximate surface area is 74.0 Å². The molecule has 1 N–H and O–H groups in total. The summed E-state index contributed by atoms with van der Waals surface area (Å²) in [4.78, 5) is 4.55. The Balaban J connectivity index is 1.84. The van der Waals surface area contributed by atoms with Crippen LogP contribution in [0.4, 0.5) is 0 Å². The van der Waals surface area contributed by atoms with Gasteiger partial charge in [0.15, 0.2) is 0 Å². The lowest BCUT2D eigenvalue weighted by atomic mass is 10.0. The summed E-state index contributed by atoms with van der Waals surface area (Å²) in [5.41, 5.74) is -0.408. The summed E-state index contributed by atoms with van der Waals surface area (Å²) in [6.07, 6.45) is 2.26. The summed E-state index contributed by atoms with van der Waals surface area (Å²) in [7, 11) is 2.08. The first-order valence-corrected chi connectivity index (χ1v) is 4.81. The van der Waals surface area contributed by atoms with Gasteiger partial charge < -0.3 is 14.9 Å². The Morgan fingerprint density at radius 3 is 2.50 bits per heavy atom. The van der Waals surface area contributed by atoms with E-state index in [1.807, 2.05) is 0 Å². The predicted octanol–water partition coefficient (Wildman–Crippen LogP) is -0.241. The van der Waals surface area contributed by atoms with Gasteiger partial charge in [-0.1, -0.05) is 0 Å². The zero-order chi connectivity index (χ0) is 8.60. The summed E-state index contributed by atoms with van der Waals surface area (Å²) >= 11 is 0. The fraction of sp³-hybridized carbons (Fsp3) is 1.00. The molecule has 2 aliphatic rings. The van der Waals surface area contributed by atoms with Crippen LogP contribution in [-0.2, 0) is 0 Å². The Morgan fingerprint density at radius 1 is 1.33 bits per heavy atom. The molecule has 0 radical (unpaired) electrons. The van der Waals surface area contributed by atoms with Gasteiger partial charge in [-0.25, -0.2) is 0 Å². The van der Waals surface area contributed by atoms with Gasteiger partial charge in [-0.3, -0.25) is 0 Å². The van der Waals surface area contributed by atoms with E-state index in [9.17, 15) is 5.11 Å². The van der Waals surface area contributed by atoms with Crippen LogP contribution in [0.5, 0.6) is 0 Å². The van der Waals surface area contributed by atoms with E-state index >= 15 is 0 Å². The first-order valence-electron chi connectivity index (χ1n) is 4.81. The molecule has 70 valence electrons. The van der Waals surface area contributed by atoms with Gasteiger partial charge in [-0.15, -0.1) is 0 Å². The van der Waals surface area contributed by atoms with E-state index in [1.54, 1.807) is 0 Å². The highest BCUT2D eigenvalue weighted by molar-refractivity contribution is 4.92. The van der Waals surface area contributed by atoms with Crippen LogP contribution in [0.25, 0.3) is 0 Å². The molecule has 2 aliphatic heterocycles. The third-order valence-electron chi connectivity index (χ3n) is 2.99. The highest BCUT2D eigenvalue weighted by Gasteiger charge is 2.36. The molecule has 1 unspecified atom stereocenters. The molecular formula is C9H18N2O. The zero-order valence-corrected chi connectivity index (χ0v) is 7.79. The van der Waals surface area contributed by atoms with E-state index in [2.05, 4.69) is 16.8 Å². The minimum atomic E-state index is -0.408. The molecule has 1 atom stereocenters. The summed E-state index contributed by atoms with van der Waals surface area (Å²) < 4.78 is 0. The first-order chi connectivity index (χ1) is 5.68. The second-order valence-corrected chi connectivity index (χ2v) is 4.34. The topological polar surface area (TPSA) is 26.7 Å². The van der Waals surface area contributed by atoms with E-state index in [0.717, 1.165) is 26.1 Å². The largest absolute Gasteiger partial charge is 0.387 e. The maximum absolute atomic E-state index is 10.1. The Kier molecular flexibility index (Phi) is 2.10. The number of hydrogen-bond donors (Lipinski definition) is 1. The van der Waals surface area contributed by atoms with Gasteiger partial charge in [0.2, 0.25) is 0 Å². The van der Waals surface area contributed by atoms with Crippen molar-refractivity contribution in [1.82, 2.24) is 9.80 Å². The van der Waals surface area contributed by atoms with Crippen molar-refractivity contribution in [3.63, 3.8) is 0 Å². The fourth-order valence-corrected chi connectivity index (χ4v) is 2.14. The summed E-state index contributed by atoms with van der Waals surface area (Å²) in [6.45, 7) is 5.16. The van der Waals surface area contributed by atoms with Crippen molar-refractivity contribution in [3.05, 3.63) is 0 Å². The smallest absolute Gasteiger partial charge is 0.0912 e. The number of likely N-dealkylation sites (N-methyl/N-ethyl adjacent to an activating group) is 1. The van der Waals surface area contributed by atoms with Gasteiger partial charge in [-0.2, -0.15) is 0 Å². The third kappa shape index (κ3) is 1.63. The monoisotopic (exact) mass is 170 g/mol. The lowest BCUT2D eigenvalue weighted by Crippen LogP contribution is -2.49. The minimum Gasteiger partial charge on any atom is -0.387 e. The number of rotatable bonds is 2. The van der Waals surface area contributed by atoms with Gasteiger partial charge >= 0.3 is 0 Å². The van der Waals surface area contributed by atoms with Crippen LogP contribution in [0.2, 0.25) is 0 Å². The van der Waals surface area contributed by atoms with Crippen LogP contribution in [0.15, 0.2) is 0 Å². The van der Waals surface area contributed by atoms with E-state index in [-0.39, 0.29) is 0 Å². The second kappa shape index (κ2) is 2.98. The van der Waals surface area contributed by atoms with Crippen molar-refractivity contribution in [3.8, 4) is 0 Å². The molecule has 0 aromatic carbocycles. The van der Waals surface area contributed by atoms with Gasteiger partial charge in [0.1, 0.15) is 0 Å². The van der Waals surface area contributed by atoms with Crippen LogP contribution in [-0.4, -0.2) is 60.3 Å². The third-order valence-corrected chi connectivity index (χ3v) is 2.99. The summed E-state index contributed by atoms with van der Waals surface area (Å²) in [5.74, 6) is 0. The summed E-state index contributed by atoms with van der Waals surface area (Å²) in [5, 5.41) is 10.1. The van der Waals surface area contributed by atoms with Crippen molar-refractivity contribution in [2.45, 2.75) is 18.4 Å². The van der Waals surface area contributed by atoms with Crippen molar-refractivity contribution in [2.75, 3.05) is 39.8 Å². The average molecular weight is 170 g/mol. The molecule has 3 heteroatoms. The molecule has 2 fully saturated rings. The molecule has 0 aromatic rings. The Hall–Kier alpha value is -0.120. The molecular weight excluding hydrogens is 152 g/mol. The van der Waals surface area contributed by atoms with Crippen molar-refractivity contribution in [1.29, 1.82) is 0 Å². The molecule has 3 nitrogen and oxygen atoms in total. The lowest BCUT2D eigenvalue weighted by molar-refractivity contribution is -0.00389. The van der Waals surface area contributed by atoms with E-state index < -0.39 is 5.60 Å². The molecule has 2 rings (SSSR count). The normalized spacial score (nSPS) is 38.5. The molecule has 0 saturated carbocycles. The molecule has 0 amide bonds. The molecule has 0 bridgehead atoms. The summed E-state index contributed by atoms with van der Waals surface area (Å²) in [6, 6.07) is 0. The van der Waals surface area contributed by atoms with Gasteiger partial charge in [0, 0.05) is 19.6 Å². The van der Waals surface area contributed by atoms with E-state index in [1.165, 1.54) is 19.5 Å². The maximum Gasteiger partial charge on any atom is 0.0912 e. The Bertz CT molecular complexity index is 170. The standard InChI is InChI=1S/C9H18N2O/c1-10-6-3-9(12,7-10)8-11-4-2-5-11/h12H,2-8H2,1H3. The van der Waals surface area contributed by atoms with Gasteiger partial charge in [-0.05, 0) is 33.0 Å². The number of aliphatic hydroxyl groups is 1. The van der Waals surface area contributed by atoms with Crippen LogP contribution in [0.3, 0.4) is 0 Å². The Morgan fingerprint density at radius 2 is 2.08 bits per heavy atom. The number of hydrogen-bond acceptors (Lipinski definition) is 3. The van der Waals surface area contributed by atoms with Gasteiger partial charge in [0.25, 0.3) is 0 Å². The highest BCUT2D eigenvalue weighted by Crippen LogP contribution is 2.22. The van der Waals surface area contributed by atoms with Crippen LogP contribution in [0, 0.1) is 0 Å².